The van der Waals surface area contributed by atoms with Crippen LogP contribution in [0.5, 0.6) is 0 Å². The minimum atomic E-state index is -0.438. The smallest absolute Gasteiger partial charge is 0.339 e. The summed E-state index contributed by atoms with van der Waals surface area (Å²) in [6.45, 7) is 0.676. The fraction of sp³-hybridized carbons (Fsp3) is 0.154. The molecule has 0 radical (unpaired) electrons. The van der Waals surface area contributed by atoms with E-state index in [9.17, 15) is 4.79 Å². The lowest BCUT2D eigenvalue weighted by molar-refractivity contribution is 0.0521. The molecule has 0 saturated heterocycles. The van der Waals surface area contributed by atoms with Crippen LogP contribution in [-0.4, -0.2) is 29.3 Å². The Morgan fingerprint density at radius 3 is 2.84 bits per heavy atom. The number of nitrogens with one attached hydrogen (secondary N) is 1. The SMILES string of the molecule is O=C(OCCNc1cccnn1)c1ccccc1Cl. The van der Waals surface area contributed by atoms with Crippen molar-refractivity contribution in [3.63, 3.8) is 0 Å². The number of anilines is 1. The number of aromatic nitrogens is 2. The van der Waals surface area contributed by atoms with Gasteiger partial charge in [-0.05, 0) is 24.3 Å². The molecule has 0 spiro atoms. The molecule has 0 aliphatic carbocycles. The van der Waals surface area contributed by atoms with Crippen molar-refractivity contribution < 1.29 is 9.53 Å². The summed E-state index contributed by atoms with van der Waals surface area (Å²) in [6, 6.07) is 10.3. The van der Waals surface area contributed by atoms with Crippen molar-refractivity contribution in [1.29, 1.82) is 0 Å². The molecule has 0 fully saturated rings. The van der Waals surface area contributed by atoms with Crippen molar-refractivity contribution in [3.8, 4) is 0 Å². The van der Waals surface area contributed by atoms with Crippen LogP contribution in [0, 0.1) is 0 Å². The normalized spacial score (nSPS) is 9.95. The van der Waals surface area contributed by atoms with Crippen LogP contribution in [0.1, 0.15) is 10.4 Å². The van der Waals surface area contributed by atoms with Gasteiger partial charge in [0.15, 0.2) is 0 Å². The molecule has 0 atom stereocenters. The van der Waals surface area contributed by atoms with Gasteiger partial charge in [0.05, 0.1) is 17.1 Å². The quantitative estimate of drug-likeness (QED) is 0.671. The second-order valence-electron chi connectivity index (χ2n) is 3.65. The van der Waals surface area contributed by atoms with Crippen molar-refractivity contribution in [2.24, 2.45) is 0 Å². The number of ether oxygens (including phenoxy) is 1. The van der Waals surface area contributed by atoms with Gasteiger partial charge in [-0.3, -0.25) is 0 Å². The molecule has 0 amide bonds. The van der Waals surface area contributed by atoms with Crippen molar-refractivity contribution in [1.82, 2.24) is 10.2 Å². The minimum absolute atomic E-state index is 0.223. The Kier molecular flexibility index (Phi) is 4.69. The van der Waals surface area contributed by atoms with Gasteiger partial charge in [-0.2, -0.15) is 5.10 Å². The molecule has 0 aliphatic rings. The summed E-state index contributed by atoms with van der Waals surface area (Å²) in [7, 11) is 0. The fourth-order valence-corrected chi connectivity index (χ4v) is 1.64. The molecule has 0 aliphatic heterocycles. The maximum absolute atomic E-state index is 11.7. The Morgan fingerprint density at radius 2 is 2.11 bits per heavy atom. The van der Waals surface area contributed by atoms with Crippen LogP contribution in [0.4, 0.5) is 5.82 Å². The molecule has 0 bridgehead atoms. The molecule has 2 rings (SSSR count). The number of hydrogen-bond acceptors (Lipinski definition) is 5. The molecular formula is C13H12ClN3O2. The molecule has 0 saturated carbocycles. The number of esters is 1. The summed E-state index contributed by atoms with van der Waals surface area (Å²) < 4.78 is 5.10. The van der Waals surface area contributed by atoms with Crippen molar-refractivity contribution in [3.05, 3.63) is 53.2 Å². The van der Waals surface area contributed by atoms with E-state index in [1.165, 1.54) is 0 Å². The number of nitrogens with zero attached hydrogens (tertiary/aromatic N) is 2. The number of hydrogen-bond donors (Lipinski definition) is 1. The molecule has 5 nitrogen and oxygen atoms in total. The first-order valence-corrected chi connectivity index (χ1v) is 6.08. The molecule has 0 unspecified atom stereocenters. The van der Waals surface area contributed by atoms with Gasteiger partial charge in [0.1, 0.15) is 12.4 Å². The molecule has 1 aromatic heterocycles. The monoisotopic (exact) mass is 277 g/mol. The first-order chi connectivity index (χ1) is 9.27. The van der Waals surface area contributed by atoms with E-state index in [0.717, 1.165) is 0 Å². The first kappa shape index (κ1) is 13.3. The Hall–Kier alpha value is -2.14. The standard InChI is InChI=1S/C13H12ClN3O2/c14-11-5-2-1-4-10(11)13(18)19-9-8-15-12-6-3-7-16-17-12/h1-7H,8-9H2,(H,15,17). The number of carbonyl (C=O) groups excluding carboxylic acids is 1. The summed E-state index contributed by atoms with van der Waals surface area (Å²) in [5.74, 6) is 0.197. The number of benzene rings is 1. The molecule has 1 N–H and O–H groups in total. The highest BCUT2D eigenvalue weighted by molar-refractivity contribution is 6.33. The zero-order chi connectivity index (χ0) is 13.5. The van der Waals surface area contributed by atoms with Crippen LogP contribution in [0.2, 0.25) is 5.02 Å². The predicted octanol–water partition coefficient (Wildman–Crippen LogP) is 2.40. The minimum Gasteiger partial charge on any atom is -0.460 e. The van der Waals surface area contributed by atoms with E-state index in [2.05, 4.69) is 15.5 Å². The average Bonchev–Trinajstić information content (AvgIpc) is 2.45. The molecule has 2 aromatic rings. The van der Waals surface area contributed by atoms with Crippen LogP contribution in [0.25, 0.3) is 0 Å². The Balaban J connectivity index is 1.77. The zero-order valence-electron chi connectivity index (χ0n) is 10.0. The van der Waals surface area contributed by atoms with E-state index in [-0.39, 0.29) is 6.61 Å². The zero-order valence-corrected chi connectivity index (χ0v) is 10.8. The Labute approximate surface area is 115 Å². The predicted molar refractivity (Wildman–Crippen MR) is 72.3 cm³/mol. The van der Waals surface area contributed by atoms with E-state index < -0.39 is 5.97 Å². The molecule has 1 heterocycles. The fourth-order valence-electron chi connectivity index (χ4n) is 1.42. The van der Waals surface area contributed by atoms with Crippen molar-refractivity contribution in [2.45, 2.75) is 0 Å². The van der Waals surface area contributed by atoms with E-state index >= 15 is 0 Å². The lowest BCUT2D eigenvalue weighted by atomic mass is 10.2. The van der Waals surface area contributed by atoms with Gasteiger partial charge < -0.3 is 10.1 Å². The van der Waals surface area contributed by atoms with Crippen molar-refractivity contribution >= 4 is 23.4 Å². The number of halogens is 1. The van der Waals surface area contributed by atoms with E-state index in [1.807, 2.05) is 0 Å². The van der Waals surface area contributed by atoms with Gasteiger partial charge in [0.25, 0.3) is 0 Å². The summed E-state index contributed by atoms with van der Waals surface area (Å²) in [5.41, 5.74) is 0.365. The van der Waals surface area contributed by atoms with Gasteiger partial charge in [-0.25, -0.2) is 4.79 Å². The Morgan fingerprint density at radius 1 is 1.26 bits per heavy atom. The van der Waals surface area contributed by atoms with Gasteiger partial charge in [0, 0.05) is 6.20 Å². The maximum Gasteiger partial charge on any atom is 0.339 e. The van der Waals surface area contributed by atoms with Crippen LogP contribution in [0.3, 0.4) is 0 Å². The highest BCUT2D eigenvalue weighted by Crippen LogP contribution is 2.15. The number of rotatable bonds is 5. The average molecular weight is 278 g/mol. The van der Waals surface area contributed by atoms with Crippen LogP contribution < -0.4 is 5.32 Å². The first-order valence-electron chi connectivity index (χ1n) is 5.70. The van der Waals surface area contributed by atoms with E-state index in [0.29, 0.717) is 22.9 Å². The van der Waals surface area contributed by atoms with Crippen molar-refractivity contribution in [2.75, 3.05) is 18.5 Å². The lowest BCUT2D eigenvalue weighted by Gasteiger charge is -2.07. The van der Waals surface area contributed by atoms with Gasteiger partial charge in [0.2, 0.25) is 0 Å². The second-order valence-corrected chi connectivity index (χ2v) is 4.06. The Bertz CT molecular complexity index is 549. The summed E-state index contributed by atoms with van der Waals surface area (Å²) in [5, 5.41) is 10.9. The summed E-state index contributed by atoms with van der Waals surface area (Å²) in [4.78, 5) is 11.7. The van der Waals surface area contributed by atoms with Gasteiger partial charge in [-0.15, -0.1) is 5.10 Å². The van der Waals surface area contributed by atoms with Crippen LogP contribution >= 0.6 is 11.6 Å². The third-order valence-corrected chi connectivity index (χ3v) is 2.64. The summed E-state index contributed by atoms with van der Waals surface area (Å²) >= 11 is 5.89. The highest BCUT2D eigenvalue weighted by atomic mass is 35.5. The largest absolute Gasteiger partial charge is 0.460 e. The van der Waals surface area contributed by atoms with E-state index in [1.54, 1.807) is 42.6 Å². The highest BCUT2D eigenvalue weighted by Gasteiger charge is 2.10. The summed E-state index contributed by atoms with van der Waals surface area (Å²) in [6.07, 6.45) is 1.59. The van der Waals surface area contributed by atoms with Gasteiger partial charge >= 0.3 is 5.97 Å². The molecule has 19 heavy (non-hydrogen) atoms. The van der Waals surface area contributed by atoms with Crippen LogP contribution in [0.15, 0.2) is 42.6 Å². The third kappa shape index (κ3) is 3.93. The van der Waals surface area contributed by atoms with Gasteiger partial charge in [-0.1, -0.05) is 23.7 Å². The maximum atomic E-state index is 11.7. The van der Waals surface area contributed by atoms with Crippen LogP contribution in [-0.2, 0) is 4.74 Å². The third-order valence-electron chi connectivity index (χ3n) is 2.31. The second kappa shape index (κ2) is 6.70. The molecule has 98 valence electrons. The molecule has 6 heteroatoms. The van der Waals surface area contributed by atoms with E-state index in [4.69, 9.17) is 16.3 Å². The molecule has 1 aromatic carbocycles. The number of carbonyl (C=O) groups is 1. The molecular weight excluding hydrogens is 266 g/mol. The lowest BCUT2D eigenvalue weighted by Crippen LogP contribution is -2.14. The topological polar surface area (TPSA) is 64.1 Å².